The number of Topliss-reactive ketones (excluding diaryl/α,β-unsaturated/α-hetero) is 1. The predicted molar refractivity (Wildman–Crippen MR) is 70.2 cm³/mol. The summed E-state index contributed by atoms with van der Waals surface area (Å²) in [5, 5.41) is 28.6. The lowest BCUT2D eigenvalue weighted by atomic mass is 9.96. The van der Waals surface area contributed by atoms with Crippen LogP contribution in [0.1, 0.15) is 28.4 Å². The molecule has 0 spiro atoms. The Morgan fingerprint density at radius 3 is 2.55 bits per heavy atom. The summed E-state index contributed by atoms with van der Waals surface area (Å²) in [6.45, 7) is 0. The number of fused-ring (bicyclic) bond motifs is 1. The molecule has 20 heavy (non-hydrogen) atoms. The van der Waals surface area contributed by atoms with Gasteiger partial charge in [-0.1, -0.05) is 12.1 Å². The van der Waals surface area contributed by atoms with Gasteiger partial charge < -0.3 is 20.1 Å². The van der Waals surface area contributed by atoms with Gasteiger partial charge in [-0.2, -0.15) is 0 Å². The number of rotatable bonds is 1. The fraction of sp³-hybridized carbons (Fsp3) is 0.133. The van der Waals surface area contributed by atoms with Crippen LogP contribution in [-0.2, 0) is 0 Å². The number of benzene rings is 2. The average molecular weight is 272 g/mol. The number of carbonyl (C=O) groups excluding carboxylic acids is 1. The Morgan fingerprint density at radius 1 is 1.00 bits per heavy atom. The van der Waals surface area contributed by atoms with Crippen LogP contribution in [0.25, 0.3) is 0 Å². The Morgan fingerprint density at radius 2 is 1.80 bits per heavy atom. The van der Waals surface area contributed by atoms with Crippen molar-refractivity contribution in [3.05, 3.63) is 47.5 Å². The minimum Gasteiger partial charge on any atom is -0.504 e. The van der Waals surface area contributed by atoms with E-state index in [-0.39, 0.29) is 35.2 Å². The molecule has 102 valence electrons. The van der Waals surface area contributed by atoms with E-state index < -0.39 is 6.10 Å². The molecular weight excluding hydrogens is 260 g/mol. The van der Waals surface area contributed by atoms with E-state index in [9.17, 15) is 20.1 Å². The molecular formula is C15H12O5. The molecule has 0 unspecified atom stereocenters. The van der Waals surface area contributed by atoms with E-state index in [1.165, 1.54) is 18.2 Å². The smallest absolute Gasteiger partial charge is 0.172 e. The average Bonchev–Trinajstić information content (AvgIpc) is 2.43. The minimum absolute atomic E-state index is 0.0939. The number of phenolic OH excluding ortho intramolecular Hbond substituents is 3. The standard InChI is InChI=1S/C15H12O5/c16-10-5-4-8(6-13(10)19)14-7-12(18)9-2-1-3-11(17)15(9)20-14/h1-6,14,16-17,19H,7H2/t14-/m1/s1. The molecule has 0 saturated carbocycles. The van der Waals surface area contributed by atoms with Crippen molar-refractivity contribution in [3.8, 4) is 23.0 Å². The van der Waals surface area contributed by atoms with Gasteiger partial charge in [-0.15, -0.1) is 0 Å². The molecule has 1 aliphatic heterocycles. The van der Waals surface area contributed by atoms with Crippen LogP contribution in [0.4, 0.5) is 0 Å². The van der Waals surface area contributed by atoms with E-state index in [0.717, 1.165) is 0 Å². The third-order valence-corrected chi connectivity index (χ3v) is 3.30. The SMILES string of the molecule is O=C1C[C@H](c2ccc(O)c(O)c2)Oc2c(O)cccc21. The van der Waals surface area contributed by atoms with Crippen LogP contribution >= 0.6 is 0 Å². The maximum absolute atomic E-state index is 12.1. The lowest BCUT2D eigenvalue weighted by molar-refractivity contribution is 0.0842. The van der Waals surface area contributed by atoms with Crippen LogP contribution in [-0.4, -0.2) is 21.1 Å². The molecule has 0 amide bonds. The first kappa shape index (κ1) is 12.3. The Hall–Kier alpha value is -2.69. The quantitative estimate of drug-likeness (QED) is 0.694. The third kappa shape index (κ3) is 1.93. The summed E-state index contributed by atoms with van der Waals surface area (Å²) in [4.78, 5) is 12.1. The van der Waals surface area contributed by atoms with Crippen LogP contribution in [0.5, 0.6) is 23.0 Å². The summed E-state index contributed by atoms with van der Waals surface area (Å²) >= 11 is 0. The molecule has 3 rings (SSSR count). The van der Waals surface area contributed by atoms with E-state index >= 15 is 0 Å². The zero-order chi connectivity index (χ0) is 14.3. The van der Waals surface area contributed by atoms with Gasteiger partial charge in [0.2, 0.25) is 0 Å². The summed E-state index contributed by atoms with van der Waals surface area (Å²) in [6.07, 6.45) is -0.490. The molecule has 2 aromatic rings. The monoisotopic (exact) mass is 272 g/mol. The number of carbonyl (C=O) groups is 1. The molecule has 0 bridgehead atoms. The molecule has 3 N–H and O–H groups in total. The maximum atomic E-state index is 12.1. The molecule has 5 nitrogen and oxygen atoms in total. The summed E-state index contributed by atoms with van der Waals surface area (Å²) in [6, 6.07) is 8.88. The van der Waals surface area contributed by atoms with Crippen molar-refractivity contribution < 1.29 is 24.9 Å². The van der Waals surface area contributed by atoms with Gasteiger partial charge in [0.15, 0.2) is 28.8 Å². The molecule has 0 saturated heterocycles. The zero-order valence-corrected chi connectivity index (χ0v) is 10.4. The fourth-order valence-electron chi connectivity index (χ4n) is 2.26. The van der Waals surface area contributed by atoms with E-state index in [2.05, 4.69) is 0 Å². The molecule has 1 aliphatic rings. The molecule has 1 atom stereocenters. The first-order valence-electron chi connectivity index (χ1n) is 6.10. The number of aromatic hydroxyl groups is 3. The first-order chi connectivity index (χ1) is 9.56. The Bertz CT molecular complexity index is 693. The second-order valence-corrected chi connectivity index (χ2v) is 4.64. The van der Waals surface area contributed by atoms with Gasteiger partial charge in [-0.25, -0.2) is 0 Å². The zero-order valence-electron chi connectivity index (χ0n) is 10.4. The van der Waals surface area contributed by atoms with E-state index in [1.54, 1.807) is 18.2 Å². The number of para-hydroxylation sites is 1. The first-order valence-corrected chi connectivity index (χ1v) is 6.10. The molecule has 0 fully saturated rings. The van der Waals surface area contributed by atoms with Gasteiger partial charge in [0.05, 0.1) is 12.0 Å². The Kier molecular flexibility index (Phi) is 2.75. The lowest BCUT2D eigenvalue weighted by Gasteiger charge is -2.26. The van der Waals surface area contributed by atoms with Gasteiger partial charge in [0.1, 0.15) is 6.10 Å². The van der Waals surface area contributed by atoms with Crippen LogP contribution in [0.2, 0.25) is 0 Å². The van der Waals surface area contributed by atoms with E-state index in [0.29, 0.717) is 11.1 Å². The highest BCUT2D eigenvalue weighted by Crippen LogP contribution is 2.41. The highest BCUT2D eigenvalue weighted by atomic mass is 16.5. The van der Waals surface area contributed by atoms with E-state index in [4.69, 9.17) is 4.74 Å². The van der Waals surface area contributed by atoms with Crippen molar-refractivity contribution in [2.24, 2.45) is 0 Å². The summed E-state index contributed by atoms with van der Waals surface area (Å²) in [7, 11) is 0. The predicted octanol–water partition coefficient (Wildman–Crippen LogP) is 2.51. The van der Waals surface area contributed by atoms with Crippen molar-refractivity contribution in [2.45, 2.75) is 12.5 Å². The van der Waals surface area contributed by atoms with E-state index in [1.807, 2.05) is 0 Å². The number of ketones is 1. The highest BCUT2D eigenvalue weighted by molar-refractivity contribution is 6.00. The van der Waals surface area contributed by atoms with Crippen molar-refractivity contribution in [1.29, 1.82) is 0 Å². The second-order valence-electron chi connectivity index (χ2n) is 4.64. The van der Waals surface area contributed by atoms with Gasteiger partial charge in [0.25, 0.3) is 0 Å². The molecule has 0 radical (unpaired) electrons. The fourth-order valence-corrected chi connectivity index (χ4v) is 2.26. The van der Waals surface area contributed by atoms with Gasteiger partial charge in [-0.05, 0) is 29.8 Å². The molecule has 0 aliphatic carbocycles. The van der Waals surface area contributed by atoms with Gasteiger partial charge in [0, 0.05) is 0 Å². The third-order valence-electron chi connectivity index (χ3n) is 3.30. The number of hydrogen-bond donors (Lipinski definition) is 3. The summed E-state index contributed by atoms with van der Waals surface area (Å²) in [5.74, 6) is -0.592. The highest BCUT2D eigenvalue weighted by Gasteiger charge is 2.29. The van der Waals surface area contributed by atoms with Crippen LogP contribution in [0, 0.1) is 0 Å². The van der Waals surface area contributed by atoms with Crippen LogP contribution in [0.3, 0.4) is 0 Å². The van der Waals surface area contributed by atoms with Gasteiger partial charge in [-0.3, -0.25) is 4.79 Å². The summed E-state index contributed by atoms with van der Waals surface area (Å²) < 4.78 is 5.65. The topological polar surface area (TPSA) is 87.0 Å². The number of hydrogen-bond acceptors (Lipinski definition) is 5. The largest absolute Gasteiger partial charge is 0.504 e. The summed E-state index contributed by atoms with van der Waals surface area (Å²) in [5.41, 5.74) is 0.909. The number of ether oxygens (including phenoxy) is 1. The van der Waals surface area contributed by atoms with Gasteiger partial charge >= 0.3 is 0 Å². The van der Waals surface area contributed by atoms with Crippen molar-refractivity contribution >= 4 is 5.78 Å². The normalized spacial score (nSPS) is 17.4. The maximum Gasteiger partial charge on any atom is 0.172 e. The lowest BCUT2D eigenvalue weighted by Crippen LogP contribution is -2.20. The van der Waals surface area contributed by atoms with Crippen LogP contribution in [0.15, 0.2) is 36.4 Å². The molecule has 2 aromatic carbocycles. The van der Waals surface area contributed by atoms with Crippen LogP contribution < -0.4 is 4.74 Å². The second kappa shape index (κ2) is 4.45. The molecule has 1 heterocycles. The van der Waals surface area contributed by atoms with Crippen molar-refractivity contribution in [3.63, 3.8) is 0 Å². The Balaban J connectivity index is 2.00. The number of phenols is 3. The molecule has 5 heteroatoms. The Labute approximate surface area is 114 Å². The minimum atomic E-state index is -0.602. The molecule has 0 aromatic heterocycles. The van der Waals surface area contributed by atoms with Crippen molar-refractivity contribution in [2.75, 3.05) is 0 Å². The van der Waals surface area contributed by atoms with Crippen molar-refractivity contribution in [1.82, 2.24) is 0 Å².